The molecule has 1 fully saturated rings. The van der Waals surface area contributed by atoms with Crippen molar-refractivity contribution < 1.29 is 14.3 Å². The number of benzene rings is 3. The van der Waals surface area contributed by atoms with Crippen molar-refractivity contribution in [2.75, 3.05) is 5.32 Å². The molecular formula is C27H25N3O4. The zero-order valence-corrected chi connectivity index (χ0v) is 18.9. The summed E-state index contributed by atoms with van der Waals surface area (Å²) in [6.45, 7) is 1.54. The first-order chi connectivity index (χ1) is 16.5. The molecule has 1 unspecified atom stereocenters. The minimum Gasteiger partial charge on any atom is -0.453 e. The fourth-order valence-corrected chi connectivity index (χ4v) is 4.11. The molecule has 1 aliphatic rings. The summed E-state index contributed by atoms with van der Waals surface area (Å²) in [5.41, 5.74) is 1.19. The molecule has 0 aliphatic heterocycles. The van der Waals surface area contributed by atoms with Gasteiger partial charge in [0, 0.05) is 18.2 Å². The molecule has 7 nitrogen and oxygen atoms in total. The average molecular weight is 456 g/mol. The number of fused-ring (bicyclic) bond motifs is 2. The molecule has 172 valence electrons. The maximum Gasteiger partial charge on any atom is 0.307 e. The van der Waals surface area contributed by atoms with E-state index < -0.39 is 18.0 Å². The van der Waals surface area contributed by atoms with Gasteiger partial charge in [-0.1, -0.05) is 42.5 Å². The molecule has 34 heavy (non-hydrogen) atoms. The molecule has 1 heterocycles. The fourth-order valence-electron chi connectivity index (χ4n) is 4.11. The van der Waals surface area contributed by atoms with Crippen molar-refractivity contribution in [3.8, 4) is 0 Å². The van der Waals surface area contributed by atoms with Gasteiger partial charge in [-0.05, 0) is 54.8 Å². The highest BCUT2D eigenvalue weighted by atomic mass is 16.5. The van der Waals surface area contributed by atoms with Gasteiger partial charge >= 0.3 is 5.97 Å². The van der Waals surface area contributed by atoms with Crippen molar-refractivity contribution in [3.63, 3.8) is 0 Å². The fraction of sp³-hybridized carbons (Fsp3) is 0.259. The highest BCUT2D eigenvalue weighted by molar-refractivity contribution is 5.97. The van der Waals surface area contributed by atoms with Crippen LogP contribution in [0.2, 0.25) is 0 Å². The molecule has 1 atom stereocenters. The van der Waals surface area contributed by atoms with E-state index in [0.717, 1.165) is 23.6 Å². The zero-order valence-electron chi connectivity index (χ0n) is 18.9. The van der Waals surface area contributed by atoms with E-state index in [1.165, 1.54) is 0 Å². The van der Waals surface area contributed by atoms with Crippen molar-refractivity contribution in [1.29, 1.82) is 0 Å². The van der Waals surface area contributed by atoms with Gasteiger partial charge in [0.05, 0.1) is 17.3 Å². The quantitative estimate of drug-likeness (QED) is 0.418. The summed E-state index contributed by atoms with van der Waals surface area (Å²) in [7, 11) is 0. The van der Waals surface area contributed by atoms with E-state index in [1.54, 1.807) is 23.6 Å². The number of hydrogen-bond acceptors (Lipinski definition) is 5. The van der Waals surface area contributed by atoms with Crippen LogP contribution in [0.15, 0.2) is 71.5 Å². The number of nitrogens with zero attached hydrogens (tertiary/aromatic N) is 2. The molecule has 1 saturated carbocycles. The minimum absolute atomic E-state index is 0.0328. The van der Waals surface area contributed by atoms with Crippen LogP contribution in [0, 0.1) is 0 Å². The second kappa shape index (κ2) is 9.09. The van der Waals surface area contributed by atoms with Crippen LogP contribution in [-0.2, 0) is 20.7 Å². The number of carbonyl (C=O) groups is 2. The van der Waals surface area contributed by atoms with Crippen molar-refractivity contribution in [1.82, 2.24) is 9.55 Å². The smallest absolute Gasteiger partial charge is 0.307 e. The molecule has 0 spiro atoms. The second-order valence-corrected chi connectivity index (χ2v) is 8.63. The summed E-state index contributed by atoms with van der Waals surface area (Å²) in [4.78, 5) is 42.6. The van der Waals surface area contributed by atoms with Gasteiger partial charge in [-0.2, -0.15) is 0 Å². The van der Waals surface area contributed by atoms with Crippen LogP contribution in [0.25, 0.3) is 21.7 Å². The van der Waals surface area contributed by atoms with Crippen LogP contribution in [0.4, 0.5) is 5.69 Å². The van der Waals surface area contributed by atoms with Crippen LogP contribution in [0.3, 0.4) is 0 Å². The van der Waals surface area contributed by atoms with E-state index in [1.807, 2.05) is 54.6 Å². The number of aromatic nitrogens is 2. The van der Waals surface area contributed by atoms with Gasteiger partial charge in [-0.15, -0.1) is 0 Å². The monoisotopic (exact) mass is 455 g/mol. The third-order valence-corrected chi connectivity index (χ3v) is 6.04. The maximum absolute atomic E-state index is 13.0. The summed E-state index contributed by atoms with van der Waals surface area (Å²) < 4.78 is 7.07. The molecule has 0 bridgehead atoms. The number of esters is 1. The molecule has 0 saturated heterocycles. The van der Waals surface area contributed by atoms with Crippen LogP contribution in [0.5, 0.6) is 0 Å². The van der Waals surface area contributed by atoms with E-state index in [9.17, 15) is 14.4 Å². The summed E-state index contributed by atoms with van der Waals surface area (Å²) in [5.74, 6) is -0.329. The van der Waals surface area contributed by atoms with Gasteiger partial charge in [0.15, 0.2) is 6.10 Å². The van der Waals surface area contributed by atoms with Gasteiger partial charge in [-0.3, -0.25) is 19.0 Å². The Bertz CT molecular complexity index is 1460. The number of carbonyl (C=O) groups excluding carboxylic acids is 2. The molecule has 1 amide bonds. The lowest BCUT2D eigenvalue weighted by atomic mass is 10.1. The molecular weight excluding hydrogens is 430 g/mol. The summed E-state index contributed by atoms with van der Waals surface area (Å²) in [6.07, 6.45) is 1.22. The number of rotatable bonds is 7. The second-order valence-electron chi connectivity index (χ2n) is 8.63. The number of anilines is 1. The number of amides is 1. The largest absolute Gasteiger partial charge is 0.453 e. The number of para-hydroxylation sites is 1. The Labute approximate surface area is 196 Å². The van der Waals surface area contributed by atoms with Crippen molar-refractivity contribution in [2.24, 2.45) is 0 Å². The molecule has 1 N–H and O–H groups in total. The summed E-state index contributed by atoms with van der Waals surface area (Å²) in [5, 5.41) is 5.47. The van der Waals surface area contributed by atoms with Gasteiger partial charge in [0.1, 0.15) is 5.82 Å². The third kappa shape index (κ3) is 4.55. The molecule has 1 aromatic heterocycles. The summed E-state index contributed by atoms with van der Waals surface area (Å²) >= 11 is 0. The van der Waals surface area contributed by atoms with Crippen LogP contribution in [-0.4, -0.2) is 27.5 Å². The number of nitrogens with one attached hydrogen (secondary N) is 1. The first-order valence-corrected chi connectivity index (χ1v) is 11.5. The Morgan fingerprint density at radius 2 is 1.79 bits per heavy atom. The highest BCUT2D eigenvalue weighted by Crippen LogP contribution is 2.35. The SMILES string of the molecule is CC(OC(=O)CCc1nc2ccccc2c(=O)n1C1CC1)C(=O)Nc1ccc2ccccc2c1. The number of ether oxygens (including phenoxy) is 1. The van der Waals surface area contributed by atoms with Crippen molar-refractivity contribution >= 4 is 39.2 Å². The van der Waals surface area contributed by atoms with Gasteiger partial charge in [0.25, 0.3) is 11.5 Å². The Morgan fingerprint density at radius 3 is 2.59 bits per heavy atom. The first kappa shape index (κ1) is 21.8. The lowest BCUT2D eigenvalue weighted by Crippen LogP contribution is -2.30. The lowest BCUT2D eigenvalue weighted by Gasteiger charge is -2.15. The molecule has 3 aromatic carbocycles. The Hall–Kier alpha value is -4.00. The Morgan fingerprint density at radius 1 is 1.06 bits per heavy atom. The normalized spacial score (nSPS) is 14.1. The molecule has 1 aliphatic carbocycles. The predicted octanol–water partition coefficient (Wildman–Crippen LogP) is 4.39. The van der Waals surface area contributed by atoms with Gasteiger partial charge in [-0.25, -0.2) is 4.98 Å². The van der Waals surface area contributed by atoms with E-state index in [2.05, 4.69) is 10.3 Å². The molecule has 4 aromatic rings. The number of hydrogen-bond donors (Lipinski definition) is 1. The lowest BCUT2D eigenvalue weighted by molar-refractivity contribution is -0.153. The maximum atomic E-state index is 13.0. The van der Waals surface area contributed by atoms with Crippen molar-refractivity contribution in [2.45, 2.75) is 44.8 Å². The van der Waals surface area contributed by atoms with E-state index in [0.29, 0.717) is 22.4 Å². The predicted molar refractivity (Wildman–Crippen MR) is 131 cm³/mol. The summed E-state index contributed by atoms with van der Waals surface area (Å²) in [6, 6.07) is 20.9. The third-order valence-electron chi connectivity index (χ3n) is 6.04. The minimum atomic E-state index is -0.950. The van der Waals surface area contributed by atoms with Crippen LogP contribution < -0.4 is 10.9 Å². The zero-order chi connectivity index (χ0) is 23.7. The van der Waals surface area contributed by atoms with Crippen molar-refractivity contribution in [3.05, 3.63) is 82.9 Å². The van der Waals surface area contributed by atoms with E-state index >= 15 is 0 Å². The molecule has 7 heteroatoms. The first-order valence-electron chi connectivity index (χ1n) is 11.5. The Balaban J connectivity index is 1.23. The molecule has 5 rings (SSSR count). The van der Waals surface area contributed by atoms with Gasteiger partial charge in [0.2, 0.25) is 0 Å². The highest BCUT2D eigenvalue weighted by Gasteiger charge is 2.28. The van der Waals surface area contributed by atoms with E-state index in [-0.39, 0.29) is 24.4 Å². The molecule has 0 radical (unpaired) electrons. The standard InChI is InChI=1S/C27H25N3O4/c1-17(26(32)28-20-11-10-18-6-2-3-7-19(18)16-20)34-25(31)15-14-24-29-23-9-5-4-8-22(23)27(33)30(24)21-12-13-21/h2-11,16-17,21H,12-15H2,1H3,(H,28,32). The van der Waals surface area contributed by atoms with Crippen LogP contribution in [0.1, 0.15) is 38.1 Å². The Kier molecular flexibility index (Phi) is 5.84. The van der Waals surface area contributed by atoms with Gasteiger partial charge < -0.3 is 10.1 Å². The number of aryl methyl sites for hydroxylation is 1. The van der Waals surface area contributed by atoms with Crippen LogP contribution >= 0.6 is 0 Å². The van der Waals surface area contributed by atoms with E-state index in [4.69, 9.17) is 4.74 Å². The average Bonchev–Trinajstić information content (AvgIpc) is 3.68. The topological polar surface area (TPSA) is 90.3 Å².